The van der Waals surface area contributed by atoms with Crippen molar-refractivity contribution in [2.75, 3.05) is 31.1 Å². The van der Waals surface area contributed by atoms with Gasteiger partial charge < -0.3 is 4.90 Å². The van der Waals surface area contributed by atoms with Crippen LogP contribution in [0, 0.1) is 0 Å². The van der Waals surface area contributed by atoms with Crippen LogP contribution in [-0.2, 0) is 16.2 Å². The van der Waals surface area contributed by atoms with Gasteiger partial charge in [0, 0.05) is 31.9 Å². The number of hydrogen-bond acceptors (Lipinski definition) is 5. The Morgan fingerprint density at radius 1 is 0.909 bits per heavy atom. The number of amides is 1. The summed E-state index contributed by atoms with van der Waals surface area (Å²) in [6.45, 7) is 0.538. The van der Waals surface area contributed by atoms with E-state index in [1.807, 2.05) is 24.3 Å². The number of sulfonamides is 1. The maximum atomic E-state index is 13.4. The third-order valence-corrected chi connectivity index (χ3v) is 7.51. The van der Waals surface area contributed by atoms with Gasteiger partial charge in [-0.3, -0.25) is 10.0 Å². The van der Waals surface area contributed by atoms with Gasteiger partial charge in [-0.2, -0.15) is 17.5 Å². The van der Waals surface area contributed by atoms with Crippen molar-refractivity contribution in [2.45, 2.75) is 11.1 Å². The molecular formula is C22H20F3N3O4S. The van der Waals surface area contributed by atoms with Crippen molar-refractivity contribution in [3.8, 4) is 0 Å². The van der Waals surface area contributed by atoms with Crippen LogP contribution in [0.15, 0.2) is 65.6 Å². The summed E-state index contributed by atoms with van der Waals surface area (Å²) in [5.41, 5.74) is -0.461. The number of alkyl halides is 3. The van der Waals surface area contributed by atoms with Gasteiger partial charge in [0.2, 0.25) is 10.0 Å². The summed E-state index contributed by atoms with van der Waals surface area (Å²) in [7, 11) is -3.77. The van der Waals surface area contributed by atoms with E-state index in [0.717, 1.165) is 22.9 Å². The molecule has 0 spiro atoms. The van der Waals surface area contributed by atoms with Crippen molar-refractivity contribution in [1.29, 1.82) is 0 Å². The summed E-state index contributed by atoms with van der Waals surface area (Å²) in [5, 5.41) is 10.4. The minimum absolute atomic E-state index is 0.0926. The first kappa shape index (κ1) is 23.0. The van der Waals surface area contributed by atoms with E-state index < -0.39 is 33.2 Å². The fourth-order valence-corrected chi connectivity index (χ4v) is 5.34. The molecule has 1 fully saturated rings. The third kappa shape index (κ3) is 4.52. The number of carbonyl (C=O) groups excluding carboxylic acids is 1. The molecule has 0 aliphatic carbocycles. The van der Waals surface area contributed by atoms with E-state index in [4.69, 9.17) is 5.21 Å². The van der Waals surface area contributed by atoms with Crippen molar-refractivity contribution >= 4 is 32.4 Å². The van der Waals surface area contributed by atoms with Crippen LogP contribution in [-0.4, -0.2) is 50.0 Å². The Balaban J connectivity index is 1.54. The lowest BCUT2D eigenvalue weighted by molar-refractivity contribution is -0.138. The van der Waals surface area contributed by atoms with Gasteiger partial charge in [-0.1, -0.05) is 30.3 Å². The number of hydrogen-bond donors (Lipinski definition) is 2. The van der Waals surface area contributed by atoms with Gasteiger partial charge in [-0.15, -0.1) is 0 Å². The number of nitrogens with zero attached hydrogens (tertiary/aromatic N) is 2. The second-order valence-corrected chi connectivity index (χ2v) is 9.51. The first-order valence-electron chi connectivity index (χ1n) is 10.0. The van der Waals surface area contributed by atoms with Gasteiger partial charge in [-0.25, -0.2) is 13.9 Å². The van der Waals surface area contributed by atoms with E-state index in [1.54, 1.807) is 23.1 Å². The zero-order chi connectivity index (χ0) is 23.8. The van der Waals surface area contributed by atoms with Crippen LogP contribution in [0.2, 0.25) is 0 Å². The van der Waals surface area contributed by atoms with E-state index in [0.29, 0.717) is 0 Å². The molecule has 33 heavy (non-hydrogen) atoms. The molecular weight excluding hydrogens is 459 g/mol. The molecule has 0 radical (unpaired) electrons. The number of fused-ring (bicyclic) bond motifs is 1. The van der Waals surface area contributed by atoms with Gasteiger partial charge >= 0.3 is 6.18 Å². The zero-order valence-corrected chi connectivity index (χ0v) is 18.0. The lowest BCUT2D eigenvalue weighted by Gasteiger charge is -2.35. The molecule has 1 heterocycles. The Labute approximate surface area is 188 Å². The number of benzene rings is 3. The van der Waals surface area contributed by atoms with E-state index in [-0.39, 0.29) is 36.8 Å². The van der Waals surface area contributed by atoms with Crippen LogP contribution in [0.4, 0.5) is 18.9 Å². The Kier molecular flexibility index (Phi) is 6.04. The van der Waals surface area contributed by atoms with Gasteiger partial charge in [0.15, 0.2) is 0 Å². The molecule has 0 bridgehead atoms. The molecule has 0 unspecified atom stereocenters. The Morgan fingerprint density at radius 2 is 1.58 bits per heavy atom. The maximum absolute atomic E-state index is 13.4. The van der Waals surface area contributed by atoms with Crippen LogP contribution < -0.4 is 10.4 Å². The Hall–Kier alpha value is -3.15. The van der Waals surface area contributed by atoms with Gasteiger partial charge in [0.1, 0.15) is 0 Å². The maximum Gasteiger partial charge on any atom is 0.417 e. The monoisotopic (exact) mass is 479 g/mol. The molecule has 7 nitrogen and oxygen atoms in total. The average molecular weight is 479 g/mol. The predicted octanol–water partition coefficient (Wildman–Crippen LogP) is 3.49. The number of rotatable bonds is 4. The van der Waals surface area contributed by atoms with Crippen LogP contribution in [0.5, 0.6) is 0 Å². The average Bonchev–Trinajstić information content (AvgIpc) is 2.82. The molecule has 11 heteroatoms. The molecule has 4 rings (SSSR count). The molecule has 1 aliphatic rings. The fourth-order valence-electron chi connectivity index (χ4n) is 3.89. The minimum atomic E-state index is -4.81. The highest BCUT2D eigenvalue weighted by Gasteiger charge is 2.36. The topological polar surface area (TPSA) is 89.9 Å². The quantitative estimate of drug-likeness (QED) is 0.442. The summed E-state index contributed by atoms with van der Waals surface area (Å²) in [6, 6.07) is 15.4. The number of piperazine rings is 1. The standard InChI is InChI=1S/C22H20F3N3O4S/c23-22(24,25)20-14-17(6-8-19(20)21(29)26-30)27-9-11-28(12-10-27)33(31,32)18-7-5-15-3-1-2-4-16(15)13-18/h1-8,13-14,30H,9-12H2,(H,26,29). The van der Waals surface area contributed by atoms with Gasteiger partial charge in [-0.05, 0) is 41.1 Å². The smallest absolute Gasteiger partial charge is 0.369 e. The molecule has 2 N–H and O–H groups in total. The summed E-state index contributed by atoms with van der Waals surface area (Å²) >= 11 is 0. The molecule has 0 aromatic heterocycles. The number of carbonyl (C=O) groups is 1. The normalized spacial score (nSPS) is 15.6. The summed E-state index contributed by atoms with van der Waals surface area (Å²) in [4.78, 5) is 13.4. The van der Waals surface area contributed by atoms with E-state index in [2.05, 4.69) is 0 Å². The molecule has 0 saturated carbocycles. The Bertz CT molecular complexity index is 1300. The molecule has 174 valence electrons. The molecule has 1 saturated heterocycles. The molecule has 1 amide bonds. The minimum Gasteiger partial charge on any atom is -0.369 e. The van der Waals surface area contributed by atoms with Crippen molar-refractivity contribution in [2.24, 2.45) is 0 Å². The van der Waals surface area contributed by atoms with Crippen molar-refractivity contribution in [3.63, 3.8) is 0 Å². The lowest BCUT2D eigenvalue weighted by Crippen LogP contribution is -2.48. The van der Waals surface area contributed by atoms with E-state index >= 15 is 0 Å². The summed E-state index contributed by atoms with van der Waals surface area (Å²) < 4.78 is 67.8. The predicted molar refractivity (Wildman–Crippen MR) is 116 cm³/mol. The highest BCUT2D eigenvalue weighted by molar-refractivity contribution is 7.89. The first-order chi connectivity index (χ1) is 15.6. The van der Waals surface area contributed by atoms with Crippen molar-refractivity contribution in [1.82, 2.24) is 9.79 Å². The highest BCUT2D eigenvalue weighted by Crippen LogP contribution is 2.35. The largest absolute Gasteiger partial charge is 0.417 e. The number of hydroxylamine groups is 1. The molecule has 1 aliphatic heterocycles. The fraction of sp³-hybridized carbons (Fsp3) is 0.227. The van der Waals surface area contributed by atoms with Crippen LogP contribution in [0.3, 0.4) is 0 Å². The van der Waals surface area contributed by atoms with Gasteiger partial charge in [0.05, 0.1) is 16.0 Å². The first-order valence-corrected chi connectivity index (χ1v) is 11.4. The number of halogens is 3. The van der Waals surface area contributed by atoms with Crippen LogP contribution in [0.1, 0.15) is 15.9 Å². The zero-order valence-electron chi connectivity index (χ0n) is 17.2. The van der Waals surface area contributed by atoms with Gasteiger partial charge in [0.25, 0.3) is 5.91 Å². The SMILES string of the molecule is O=C(NO)c1ccc(N2CCN(S(=O)(=O)c3ccc4ccccc4c3)CC2)cc1C(F)(F)F. The number of nitrogens with one attached hydrogen (secondary N) is 1. The van der Waals surface area contributed by atoms with E-state index in [9.17, 15) is 26.4 Å². The second-order valence-electron chi connectivity index (χ2n) is 7.57. The van der Waals surface area contributed by atoms with Crippen LogP contribution >= 0.6 is 0 Å². The molecule has 3 aromatic carbocycles. The van der Waals surface area contributed by atoms with E-state index in [1.165, 1.54) is 15.9 Å². The Morgan fingerprint density at radius 3 is 2.21 bits per heavy atom. The van der Waals surface area contributed by atoms with Crippen molar-refractivity contribution in [3.05, 3.63) is 71.8 Å². The summed E-state index contributed by atoms with van der Waals surface area (Å²) in [6.07, 6.45) is -4.81. The summed E-state index contributed by atoms with van der Waals surface area (Å²) in [5.74, 6) is -1.26. The third-order valence-electron chi connectivity index (χ3n) is 5.62. The van der Waals surface area contributed by atoms with Crippen molar-refractivity contribution < 1.29 is 31.6 Å². The highest BCUT2D eigenvalue weighted by atomic mass is 32.2. The number of anilines is 1. The molecule has 3 aromatic rings. The molecule has 0 atom stereocenters. The lowest BCUT2D eigenvalue weighted by atomic mass is 10.0. The van der Waals surface area contributed by atoms with Crippen LogP contribution in [0.25, 0.3) is 10.8 Å². The second kappa shape index (κ2) is 8.65.